The van der Waals surface area contributed by atoms with Crippen molar-refractivity contribution in [3.05, 3.63) is 71.8 Å². The highest BCUT2D eigenvalue weighted by molar-refractivity contribution is 5.25. The molecule has 2 rings (SSSR count). The SMILES string of the molecule is C=NCc1ccccc1.C=O.CC.CC.CC.CC.CC.CC.NCc1ccccc1. The molecule has 0 bridgehead atoms. The average Bonchev–Trinajstić information content (AvgIpc) is 2.94. The fraction of sp³-hybridized carbons (Fsp3) is 0.500. The van der Waals surface area contributed by atoms with Crippen molar-refractivity contribution in [1.29, 1.82) is 0 Å². The van der Waals surface area contributed by atoms with E-state index >= 15 is 0 Å². The van der Waals surface area contributed by atoms with Crippen molar-refractivity contribution in [2.24, 2.45) is 10.7 Å². The van der Waals surface area contributed by atoms with Crippen LogP contribution < -0.4 is 5.73 Å². The molecule has 2 aromatic carbocycles. The Morgan fingerprint density at radius 3 is 1.03 bits per heavy atom. The molecule has 0 fully saturated rings. The lowest BCUT2D eigenvalue weighted by atomic mass is 10.2. The van der Waals surface area contributed by atoms with E-state index in [9.17, 15) is 0 Å². The summed E-state index contributed by atoms with van der Waals surface area (Å²) in [6, 6.07) is 20.1. The Labute approximate surface area is 197 Å². The summed E-state index contributed by atoms with van der Waals surface area (Å²) in [7, 11) is 0. The number of aliphatic imine (C=N–C) groups is 1. The van der Waals surface area contributed by atoms with Gasteiger partial charge in [-0.05, 0) is 17.8 Å². The van der Waals surface area contributed by atoms with Crippen molar-refractivity contribution < 1.29 is 4.79 Å². The van der Waals surface area contributed by atoms with Crippen LogP contribution in [0.4, 0.5) is 0 Å². The van der Waals surface area contributed by atoms with Crippen LogP contribution in [0, 0.1) is 0 Å². The Kier molecular flexibility index (Phi) is 107. The minimum absolute atomic E-state index is 0.640. The van der Waals surface area contributed by atoms with Gasteiger partial charge in [0.05, 0.1) is 6.54 Å². The van der Waals surface area contributed by atoms with E-state index in [-0.39, 0.29) is 0 Å². The number of hydrogen-bond acceptors (Lipinski definition) is 3. The Morgan fingerprint density at radius 2 is 0.839 bits per heavy atom. The first-order valence-corrected chi connectivity index (χ1v) is 11.9. The Balaban J connectivity index is -0.0000000479. The zero-order valence-corrected chi connectivity index (χ0v) is 23.0. The quantitative estimate of drug-likeness (QED) is 0.488. The highest BCUT2D eigenvalue weighted by Crippen LogP contribution is 1.98. The first-order valence-electron chi connectivity index (χ1n) is 11.9. The minimum atomic E-state index is 0.640. The average molecular weight is 437 g/mol. The lowest BCUT2D eigenvalue weighted by molar-refractivity contribution is -0.0979. The topological polar surface area (TPSA) is 55.5 Å². The smallest absolute Gasteiger partial charge is 0.106 e. The molecule has 3 heteroatoms. The predicted octanol–water partition coefficient (Wildman–Crippen LogP) is 9.00. The lowest BCUT2D eigenvalue weighted by Gasteiger charge is -1.90. The first-order chi connectivity index (χ1) is 15.4. The van der Waals surface area contributed by atoms with E-state index < -0.39 is 0 Å². The van der Waals surface area contributed by atoms with Gasteiger partial charge < -0.3 is 10.5 Å². The van der Waals surface area contributed by atoms with Gasteiger partial charge in [0.25, 0.3) is 0 Å². The molecular weight excluding hydrogens is 380 g/mol. The molecule has 0 unspecified atom stereocenters. The third-order valence-electron chi connectivity index (χ3n) is 2.22. The molecule has 0 saturated heterocycles. The minimum Gasteiger partial charge on any atom is -0.326 e. The van der Waals surface area contributed by atoms with Crippen LogP contribution in [-0.2, 0) is 17.9 Å². The number of carbonyl (C=O) groups is 1. The van der Waals surface area contributed by atoms with Gasteiger partial charge in [-0.2, -0.15) is 0 Å². The van der Waals surface area contributed by atoms with Crippen molar-refractivity contribution in [2.75, 3.05) is 0 Å². The molecule has 0 aliphatic heterocycles. The van der Waals surface area contributed by atoms with E-state index in [2.05, 4.69) is 11.7 Å². The van der Waals surface area contributed by atoms with Gasteiger partial charge in [0.15, 0.2) is 0 Å². The molecular formula is C28H56N2O. The van der Waals surface area contributed by atoms with Crippen molar-refractivity contribution in [2.45, 2.75) is 96.2 Å². The number of nitrogens with zero attached hydrogens (tertiary/aromatic N) is 1. The molecule has 3 nitrogen and oxygen atoms in total. The molecule has 0 amide bonds. The van der Waals surface area contributed by atoms with Crippen molar-refractivity contribution >= 4 is 13.5 Å². The number of benzene rings is 2. The number of hydrogen-bond donors (Lipinski definition) is 1. The normalized spacial score (nSPS) is 6.23. The van der Waals surface area contributed by atoms with Gasteiger partial charge in [-0.1, -0.05) is 144 Å². The molecule has 2 aromatic rings. The van der Waals surface area contributed by atoms with Gasteiger partial charge >= 0.3 is 0 Å². The number of rotatable bonds is 3. The summed E-state index contributed by atoms with van der Waals surface area (Å²) in [5.41, 5.74) is 7.75. The summed E-state index contributed by atoms with van der Waals surface area (Å²) in [5, 5.41) is 0. The zero-order valence-electron chi connectivity index (χ0n) is 23.0. The van der Waals surface area contributed by atoms with E-state index in [1.54, 1.807) is 0 Å². The summed E-state index contributed by atoms with van der Waals surface area (Å²) >= 11 is 0. The Bertz CT molecular complexity index is 431. The van der Waals surface area contributed by atoms with Crippen molar-refractivity contribution in [1.82, 2.24) is 0 Å². The molecule has 184 valence electrons. The van der Waals surface area contributed by atoms with Crippen molar-refractivity contribution in [3.63, 3.8) is 0 Å². The fourth-order valence-electron chi connectivity index (χ4n) is 1.33. The van der Waals surface area contributed by atoms with Crippen LogP contribution in [0.2, 0.25) is 0 Å². The summed E-state index contributed by atoms with van der Waals surface area (Å²) in [6.07, 6.45) is 0. The fourth-order valence-corrected chi connectivity index (χ4v) is 1.33. The van der Waals surface area contributed by atoms with E-state index in [4.69, 9.17) is 10.5 Å². The standard InChI is InChI=1S/C8H9N.C7H9N.6C2H6.CH2O/c1-9-7-8-5-3-2-4-6-8;8-6-7-4-2-1-3-5-7;7*1-2/h2-6H,1,7H2;1-5H,6,8H2;6*1-2H3;1H2. The van der Waals surface area contributed by atoms with Gasteiger partial charge in [0.1, 0.15) is 6.79 Å². The monoisotopic (exact) mass is 436 g/mol. The number of nitrogens with two attached hydrogens (primary N) is 1. The van der Waals surface area contributed by atoms with E-state index in [0.29, 0.717) is 6.54 Å². The second-order valence-corrected chi connectivity index (χ2v) is 3.56. The summed E-state index contributed by atoms with van der Waals surface area (Å²) in [4.78, 5) is 11.8. The second kappa shape index (κ2) is 70.8. The molecule has 0 heterocycles. The highest BCUT2D eigenvalue weighted by atomic mass is 16.1. The molecule has 0 aromatic heterocycles. The maximum absolute atomic E-state index is 8.00. The van der Waals surface area contributed by atoms with Crippen LogP contribution in [0.3, 0.4) is 0 Å². The van der Waals surface area contributed by atoms with Crippen LogP contribution in [0.1, 0.15) is 94.2 Å². The lowest BCUT2D eigenvalue weighted by Crippen LogP contribution is -1.94. The third-order valence-corrected chi connectivity index (χ3v) is 2.22. The maximum Gasteiger partial charge on any atom is 0.106 e. The molecule has 0 atom stereocenters. The van der Waals surface area contributed by atoms with Crippen molar-refractivity contribution in [3.8, 4) is 0 Å². The Hall–Kier alpha value is -2.26. The van der Waals surface area contributed by atoms with Gasteiger partial charge in [0, 0.05) is 6.54 Å². The summed E-state index contributed by atoms with van der Waals surface area (Å²) < 4.78 is 0. The van der Waals surface area contributed by atoms with Gasteiger partial charge in [-0.15, -0.1) is 0 Å². The zero-order chi connectivity index (χ0) is 26.3. The van der Waals surface area contributed by atoms with Crippen LogP contribution in [0.25, 0.3) is 0 Å². The molecule has 0 spiro atoms. The van der Waals surface area contributed by atoms with Gasteiger partial charge in [0.2, 0.25) is 0 Å². The molecule has 0 radical (unpaired) electrons. The van der Waals surface area contributed by atoms with Gasteiger partial charge in [-0.3, -0.25) is 4.99 Å². The van der Waals surface area contributed by atoms with Crippen LogP contribution in [-0.4, -0.2) is 13.5 Å². The number of carbonyl (C=O) groups excluding carboxylic acids is 1. The first kappa shape index (κ1) is 46.8. The van der Waals surface area contributed by atoms with Crippen LogP contribution in [0.5, 0.6) is 0 Å². The molecule has 0 aliphatic carbocycles. The third kappa shape index (κ3) is 52.3. The van der Waals surface area contributed by atoms with E-state index in [1.165, 1.54) is 11.1 Å². The molecule has 0 saturated carbocycles. The second-order valence-electron chi connectivity index (χ2n) is 3.56. The van der Waals surface area contributed by atoms with Crippen LogP contribution >= 0.6 is 0 Å². The summed E-state index contributed by atoms with van der Waals surface area (Å²) in [5.74, 6) is 0. The highest BCUT2D eigenvalue weighted by Gasteiger charge is 1.83. The Morgan fingerprint density at radius 1 is 0.581 bits per heavy atom. The molecule has 2 N–H and O–H groups in total. The van der Waals surface area contributed by atoms with E-state index in [0.717, 1.165) is 6.54 Å². The van der Waals surface area contributed by atoms with Gasteiger partial charge in [-0.25, -0.2) is 0 Å². The molecule has 0 aliphatic rings. The predicted molar refractivity (Wildman–Crippen MR) is 149 cm³/mol. The largest absolute Gasteiger partial charge is 0.326 e. The maximum atomic E-state index is 8.00. The summed E-state index contributed by atoms with van der Waals surface area (Å²) in [6.45, 7) is 30.8. The van der Waals surface area contributed by atoms with Crippen LogP contribution in [0.15, 0.2) is 65.7 Å². The van der Waals surface area contributed by atoms with E-state index in [1.807, 2.05) is 151 Å². The molecule has 31 heavy (non-hydrogen) atoms.